The summed E-state index contributed by atoms with van der Waals surface area (Å²) in [6.07, 6.45) is 5.77. The van der Waals surface area contributed by atoms with E-state index in [9.17, 15) is 0 Å². The molecule has 0 bridgehead atoms. The molecular weight excluding hydrogens is 306 g/mol. The van der Waals surface area contributed by atoms with E-state index in [2.05, 4.69) is 35.8 Å². The van der Waals surface area contributed by atoms with Crippen LogP contribution in [-0.2, 0) is 0 Å². The normalized spacial score (nSPS) is 25.8. The Morgan fingerprint density at radius 2 is 0.840 bits per heavy atom. The predicted molar refractivity (Wildman–Crippen MR) is 119 cm³/mol. The average molecular weight is 360 g/mol. The van der Waals surface area contributed by atoms with E-state index in [1.165, 1.54) is 65.0 Å². The maximum Gasteiger partial charge on any atom is 0.000997 e. The Balaban J connectivity index is -0.000000251. The fraction of sp³-hybridized carbons (Fsp3) is 1.00. The minimum absolute atomic E-state index is 0. The summed E-state index contributed by atoms with van der Waals surface area (Å²) < 4.78 is 0. The maximum atomic E-state index is 2.43. The molecule has 4 fully saturated rings. The Hall–Kier alpha value is -0.120. The lowest BCUT2D eigenvalue weighted by Gasteiger charge is -2.24. The van der Waals surface area contributed by atoms with Gasteiger partial charge in [-0.3, -0.25) is 0 Å². The van der Waals surface area contributed by atoms with Gasteiger partial charge in [-0.1, -0.05) is 49.0 Å². The molecule has 3 heterocycles. The molecule has 0 spiro atoms. The number of likely N-dealkylation sites (tertiary alicyclic amines) is 3. The van der Waals surface area contributed by atoms with E-state index < -0.39 is 0 Å². The number of nitrogens with zero attached hydrogens (tertiary/aromatic N) is 3. The van der Waals surface area contributed by atoms with Gasteiger partial charge in [0.25, 0.3) is 0 Å². The van der Waals surface area contributed by atoms with Crippen LogP contribution in [-0.4, -0.2) is 75.1 Å². The second-order valence-electron chi connectivity index (χ2n) is 6.64. The number of piperidine rings is 1. The predicted octanol–water partition coefficient (Wildman–Crippen LogP) is 5.32. The molecule has 3 nitrogen and oxygen atoms in total. The highest BCUT2D eigenvalue weighted by atomic mass is 15.1. The topological polar surface area (TPSA) is 9.72 Å². The van der Waals surface area contributed by atoms with Crippen LogP contribution in [0.15, 0.2) is 0 Å². The van der Waals surface area contributed by atoms with Gasteiger partial charge in [-0.2, -0.15) is 0 Å². The second kappa shape index (κ2) is 20.2. The number of hydrogen-bond donors (Lipinski definition) is 0. The molecule has 4 aliphatic rings. The van der Waals surface area contributed by atoms with Gasteiger partial charge in [0.05, 0.1) is 0 Å². The molecule has 3 heteroatoms. The third kappa shape index (κ3) is 15.8. The van der Waals surface area contributed by atoms with Crippen molar-refractivity contribution in [1.29, 1.82) is 0 Å². The molecule has 3 saturated heterocycles. The zero-order chi connectivity index (χ0) is 19.0. The summed E-state index contributed by atoms with van der Waals surface area (Å²) in [5, 5.41) is 0. The molecule has 25 heavy (non-hydrogen) atoms. The van der Waals surface area contributed by atoms with Gasteiger partial charge in [0, 0.05) is 13.1 Å². The van der Waals surface area contributed by atoms with Crippen LogP contribution in [0.3, 0.4) is 0 Å². The molecule has 1 saturated carbocycles. The van der Waals surface area contributed by atoms with E-state index in [0.29, 0.717) is 0 Å². The van der Waals surface area contributed by atoms with Crippen LogP contribution in [0.1, 0.15) is 74.7 Å². The summed E-state index contributed by atoms with van der Waals surface area (Å²) in [5.41, 5.74) is 0. The lowest BCUT2D eigenvalue weighted by molar-refractivity contribution is 0.229. The van der Waals surface area contributed by atoms with Crippen LogP contribution in [0.25, 0.3) is 0 Å². The minimum atomic E-state index is 0. The Bertz CT molecular complexity index is 225. The fourth-order valence-electron chi connectivity index (χ4n) is 2.98. The number of hydrogen-bond acceptors (Lipinski definition) is 3. The van der Waals surface area contributed by atoms with E-state index in [4.69, 9.17) is 0 Å². The average Bonchev–Trinajstić information content (AvgIpc) is 2.98. The Morgan fingerprint density at radius 3 is 0.960 bits per heavy atom. The standard InChI is InChI=1S/C6H11N.C5H11N.C4H9N.3C2H6.CH4/c1-7-3-5-2-6(5)4-7;1-6-4-2-3-5-6;1-5-3-2-4-5;3*1-2;/h5-6H,2-4H2,1H3;2-5H2,1H3;2-4H2,1H3;3*1-2H3;1H4. The zero-order valence-corrected chi connectivity index (χ0v) is 18.6. The zero-order valence-electron chi connectivity index (χ0n) is 18.6. The number of fused-ring (bicyclic) bond motifs is 1. The van der Waals surface area contributed by atoms with Crippen molar-refractivity contribution in [1.82, 2.24) is 14.7 Å². The molecule has 2 atom stereocenters. The third-order valence-electron chi connectivity index (χ3n) is 4.57. The van der Waals surface area contributed by atoms with Crippen molar-refractivity contribution in [3.05, 3.63) is 0 Å². The van der Waals surface area contributed by atoms with Crippen LogP contribution in [0.4, 0.5) is 0 Å². The van der Waals surface area contributed by atoms with Crippen molar-refractivity contribution in [2.45, 2.75) is 74.7 Å². The first-order chi connectivity index (χ1) is 11.6. The SMILES string of the molecule is C.CC.CC.CC.CN1CC2CC2C1.CN1CCC1.CN1CCCC1. The van der Waals surface area contributed by atoms with Gasteiger partial charge in [-0.05, 0) is 84.8 Å². The summed E-state index contributed by atoms with van der Waals surface area (Å²) in [5.74, 6) is 2.23. The van der Waals surface area contributed by atoms with Gasteiger partial charge in [0.1, 0.15) is 0 Å². The highest BCUT2D eigenvalue weighted by Gasteiger charge is 2.43. The molecule has 4 rings (SSSR count). The first-order valence-electron chi connectivity index (χ1n) is 10.7. The molecule has 0 amide bonds. The van der Waals surface area contributed by atoms with E-state index in [1.54, 1.807) is 0 Å². The van der Waals surface area contributed by atoms with Gasteiger partial charge in [-0.25, -0.2) is 0 Å². The van der Waals surface area contributed by atoms with Crippen LogP contribution in [0, 0.1) is 11.8 Å². The van der Waals surface area contributed by atoms with Crippen molar-refractivity contribution in [3.8, 4) is 0 Å². The lowest BCUT2D eigenvalue weighted by atomic mass is 10.3. The van der Waals surface area contributed by atoms with Crippen LogP contribution < -0.4 is 0 Å². The summed E-state index contributed by atoms with van der Waals surface area (Å²) in [7, 11) is 6.53. The molecule has 0 aromatic rings. The minimum Gasteiger partial charge on any atom is -0.306 e. The first kappa shape index (κ1) is 29.6. The van der Waals surface area contributed by atoms with E-state index in [1.807, 2.05) is 41.5 Å². The fourth-order valence-corrected chi connectivity index (χ4v) is 2.98. The summed E-state index contributed by atoms with van der Waals surface area (Å²) >= 11 is 0. The molecule has 1 aliphatic carbocycles. The summed E-state index contributed by atoms with van der Waals surface area (Å²) in [6, 6.07) is 0. The molecule has 0 radical (unpaired) electrons. The van der Waals surface area contributed by atoms with Gasteiger partial charge in [0.2, 0.25) is 0 Å². The molecule has 2 unspecified atom stereocenters. The Kier molecular flexibility index (Phi) is 23.9. The Labute approximate surface area is 162 Å². The quantitative estimate of drug-likeness (QED) is 0.580. The van der Waals surface area contributed by atoms with Crippen LogP contribution in [0.5, 0.6) is 0 Å². The van der Waals surface area contributed by atoms with Gasteiger partial charge < -0.3 is 14.7 Å². The highest BCUT2D eigenvalue weighted by molar-refractivity contribution is 4.95. The molecule has 0 aromatic heterocycles. The first-order valence-corrected chi connectivity index (χ1v) is 10.7. The molecular formula is C22H53N3. The van der Waals surface area contributed by atoms with Crippen molar-refractivity contribution in [2.24, 2.45) is 11.8 Å². The van der Waals surface area contributed by atoms with Crippen molar-refractivity contribution in [3.63, 3.8) is 0 Å². The lowest BCUT2D eigenvalue weighted by Crippen LogP contribution is -2.32. The monoisotopic (exact) mass is 359 g/mol. The Morgan fingerprint density at radius 1 is 0.520 bits per heavy atom. The van der Waals surface area contributed by atoms with E-state index in [0.717, 1.165) is 11.8 Å². The van der Waals surface area contributed by atoms with E-state index in [-0.39, 0.29) is 7.43 Å². The van der Waals surface area contributed by atoms with Crippen LogP contribution in [0.2, 0.25) is 0 Å². The molecule has 3 aliphatic heterocycles. The molecule has 156 valence electrons. The second-order valence-corrected chi connectivity index (χ2v) is 6.64. The maximum absolute atomic E-state index is 2.43. The summed E-state index contributed by atoms with van der Waals surface area (Å²) in [6.45, 7) is 20.0. The van der Waals surface area contributed by atoms with Gasteiger partial charge in [0.15, 0.2) is 0 Å². The molecule has 0 N–H and O–H groups in total. The number of rotatable bonds is 0. The molecule has 0 aromatic carbocycles. The van der Waals surface area contributed by atoms with Crippen LogP contribution >= 0.6 is 0 Å². The summed E-state index contributed by atoms with van der Waals surface area (Å²) in [4.78, 5) is 7.10. The largest absolute Gasteiger partial charge is 0.306 e. The van der Waals surface area contributed by atoms with Crippen molar-refractivity contribution >= 4 is 0 Å². The van der Waals surface area contributed by atoms with Crippen molar-refractivity contribution < 1.29 is 0 Å². The third-order valence-corrected chi connectivity index (χ3v) is 4.57. The van der Waals surface area contributed by atoms with Gasteiger partial charge >= 0.3 is 0 Å². The van der Waals surface area contributed by atoms with Gasteiger partial charge in [-0.15, -0.1) is 0 Å². The van der Waals surface area contributed by atoms with Crippen molar-refractivity contribution in [2.75, 3.05) is 60.4 Å². The smallest absolute Gasteiger partial charge is 0.000997 e. The van der Waals surface area contributed by atoms with E-state index >= 15 is 0 Å². The highest BCUT2D eigenvalue weighted by Crippen LogP contribution is 2.43.